The van der Waals surface area contributed by atoms with Gasteiger partial charge in [-0.3, -0.25) is 19.2 Å². The van der Waals surface area contributed by atoms with Crippen molar-refractivity contribution < 1.29 is 24.3 Å². The van der Waals surface area contributed by atoms with Gasteiger partial charge in [-0.2, -0.15) is 0 Å². The van der Waals surface area contributed by atoms with Crippen LogP contribution in [-0.4, -0.2) is 61.9 Å². The van der Waals surface area contributed by atoms with Gasteiger partial charge in [0.25, 0.3) is 11.8 Å². The fraction of sp³-hybridized carbons (Fsp3) is 0.286. The zero-order valence-corrected chi connectivity index (χ0v) is 24.2. The SMILES string of the molecule is CC.CNc1cc(C(=O)Nc2cc(C(=O)Nc3cc(C=O)n(C)c3)n(C)c2)n(C)c1.CO.Cn1cccc1C=O. The number of hydrogen-bond acceptors (Lipinski definition) is 6. The Labute approximate surface area is 234 Å². The second-order valence-electron chi connectivity index (χ2n) is 8.15. The van der Waals surface area contributed by atoms with Gasteiger partial charge in [-0.05, 0) is 30.3 Å². The third-order valence-electron chi connectivity index (χ3n) is 5.55. The van der Waals surface area contributed by atoms with Crippen molar-refractivity contribution in [2.45, 2.75) is 13.8 Å². The topological polar surface area (TPSA) is 144 Å². The molecule has 0 bridgehead atoms. The van der Waals surface area contributed by atoms with Gasteiger partial charge >= 0.3 is 0 Å². The number of aliphatic hydroxyl groups excluding tert-OH is 1. The summed E-state index contributed by atoms with van der Waals surface area (Å²) in [6.45, 7) is 4.00. The maximum atomic E-state index is 12.6. The number of nitrogens with zero attached hydrogens (tertiary/aromatic N) is 4. The summed E-state index contributed by atoms with van der Waals surface area (Å²) >= 11 is 0. The summed E-state index contributed by atoms with van der Waals surface area (Å²) in [5, 5.41) is 15.5. The molecule has 0 radical (unpaired) electrons. The fourth-order valence-electron chi connectivity index (χ4n) is 3.54. The summed E-state index contributed by atoms with van der Waals surface area (Å²) in [7, 11) is 9.84. The third kappa shape index (κ3) is 8.60. The van der Waals surface area contributed by atoms with Gasteiger partial charge in [0.2, 0.25) is 0 Å². The van der Waals surface area contributed by atoms with E-state index in [0.29, 0.717) is 34.2 Å². The highest BCUT2D eigenvalue weighted by Gasteiger charge is 2.17. The summed E-state index contributed by atoms with van der Waals surface area (Å²) in [4.78, 5) is 46.1. The normalized spacial score (nSPS) is 9.53. The average Bonchev–Trinajstić information content (AvgIpc) is 3.73. The Bertz CT molecular complexity index is 1410. The highest BCUT2D eigenvalue weighted by atomic mass is 16.2. The largest absolute Gasteiger partial charge is 0.400 e. The van der Waals surface area contributed by atoms with Gasteiger partial charge in [-0.15, -0.1) is 0 Å². The van der Waals surface area contributed by atoms with Crippen molar-refractivity contribution in [2.75, 3.05) is 30.1 Å². The number of carbonyl (C=O) groups is 4. The van der Waals surface area contributed by atoms with Crippen LogP contribution < -0.4 is 16.0 Å². The molecule has 4 N–H and O–H groups in total. The number of amides is 2. The molecular formula is C28H39N7O5. The lowest BCUT2D eigenvalue weighted by Gasteiger charge is -2.03. The van der Waals surface area contributed by atoms with E-state index >= 15 is 0 Å². The van der Waals surface area contributed by atoms with E-state index in [4.69, 9.17) is 5.11 Å². The van der Waals surface area contributed by atoms with Crippen molar-refractivity contribution in [3.8, 4) is 0 Å². The molecule has 12 nitrogen and oxygen atoms in total. The molecule has 0 aromatic carbocycles. The molecule has 4 rings (SSSR count). The first-order valence-corrected chi connectivity index (χ1v) is 12.4. The van der Waals surface area contributed by atoms with E-state index < -0.39 is 0 Å². The van der Waals surface area contributed by atoms with Crippen LogP contribution in [0.25, 0.3) is 0 Å². The Morgan fingerprint density at radius 2 is 1.15 bits per heavy atom. The molecule has 4 aromatic heterocycles. The zero-order valence-electron chi connectivity index (χ0n) is 24.2. The maximum Gasteiger partial charge on any atom is 0.272 e. The predicted octanol–water partition coefficient (Wildman–Crippen LogP) is 3.53. The number of aldehydes is 2. The van der Waals surface area contributed by atoms with Crippen LogP contribution in [0.4, 0.5) is 17.1 Å². The maximum absolute atomic E-state index is 12.6. The van der Waals surface area contributed by atoms with E-state index in [1.165, 1.54) is 0 Å². The number of aromatic nitrogens is 4. The number of anilines is 3. The molecule has 0 unspecified atom stereocenters. The molecule has 0 atom stereocenters. The summed E-state index contributed by atoms with van der Waals surface area (Å²) in [6, 6.07) is 8.53. The molecule has 0 aliphatic carbocycles. The Hall–Kier alpha value is -4.84. The average molecular weight is 554 g/mol. The van der Waals surface area contributed by atoms with Crippen molar-refractivity contribution in [3.63, 3.8) is 0 Å². The molecule has 0 aliphatic rings. The van der Waals surface area contributed by atoms with E-state index in [-0.39, 0.29) is 11.8 Å². The minimum absolute atomic E-state index is 0.278. The molecule has 4 heterocycles. The number of carbonyl (C=O) groups excluding carboxylic acids is 4. The van der Waals surface area contributed by atoms with E-state index in [2.05, 4.69) is 16.0 Å². The van der Waals surface area contributed by atoms with Crippen molar-refractivity contribution in [2.24, 2.45) is 28.2 Å². The molecular weight excluding hydrogens is 514 g/mol. The van der Waals surface area contributed by atoms with Crippen LogP contribution in [0.5, 0.6) is 0 Å². The van der Waals surface area contributed by atoms with E-state index in [0.717, 1.165) is 25.4 Å². The summed E-state index contributed by atoms with van der Waals surface area (Å²) in [5.41, 5.74) is 3.89. The van der Waals surface area contributed by atoms with Gasteiger partial charge in [0.1, 0.15) is 11.4 Å². The lowest BCUT2D eigenvalue weighted by molar-refractivity contribution is 0.101. The van der Waals surface area contributed by atoms with Crippen LogP contribution in [0.3, 0.4) is 0 Å². The van der Waals surface area contributed by atoms with E-state index in [1.807, 2.05) is 39.4 Å². The van der Waals surface area contributed by atoms with Crippen molar-refractivity contribution in [3.05, 3.63) is 77.9 Å². The van der Waals surface area contributed by atoms with Crippen LogP contribution in [0.2, 0.25) is 0 Å². The first-order valence-electron chi connectivity index (χ1n) is 12.4. The highest BCUT2D eigenvalue weighted by Crippen LogP contribution is 2.19. The van der Waals surface area contributed by atoms with Gasteiger partial charge in [0.15, 0.2) is 12.6 Å². The number of hydrogen-bond donors (Lipinski definition) is 4. The Morgan fingerprint density at radius 3 is 1.52 bits per heavy atom. The van der Waals surface area contributed by atoms with Crippen LogP contribution in [-0.2, 0) is 28.2 Å². The monoisotopic (exact) mass is 553 g/mol. The van der Waals surface area contributed by atoms with E-state index in [1.54, 1.807) is 83.1 Å². The minimum Gasteiger partial charge on any atom is -0.400 e. The summed E-state index contributed by atoms with van der Waals surface area (Å²) in [5.74, 6) is -0.623. The molecule has 40 heavy (non-hydrogen) atoms. The van der Waals surface area contributed by atoms with Gasteiger partial charge in [0, 0.05) is 67.1 Å². The molecule has 2 amide bonds. The number of rotatable bonds is 7. The second-order valence-corrected chi connectivity index (χ2v) is 8.15. The van der Waals surface area contributed by atoms with Crippen molar-refractivity contribution in [1.29, 1.82) is 0 Å². The molecule has 216 valence electrons. The highest BCUT2D eigenvalue weighted by molar-refractivity contribution is 6.07. The molecule has 0 saturated heterocycles. The van der Waals surface area contributed by atoms with Crippen LogP contribution >= 0.6 is 0 Å². The second kappa shape index (κ2) is 16.2. The van der Waals surface area contributed by atoms with Gasteiger partial charge in [-0.25, -0.2) is 0 Å². The molecule has 0 fully saturated rings. The standard InChI is InChI=1S/C19H22N6O3.C6H7NO.C2H6.CH4O/c1-20-12-6-16(24(3)8-12)18(27)22-14-7-17(25(4)10-14)19(28)21-13-5-15(11-26)23(2)9-13;1-7-4-2-3-6(7)5-8;2*1-2/h5-11,20H,1-4H3,(H,21,28)(H,22,27);2-5H,1H3;1-2H3;2H,1H3. The van der Waals surface area contributed by atoms with Crippen molar-refractivity contribution >= 4 is 41.4 Å². The number of nitrogens with one attached hydrogen (secondary N) is 3. The molecule has 0 saturated carbocycles. The quantitative estimate of drug-likeness (QED) is 0.258. The van der Waals surface area contributed by atoms with Gasteiger partial charge in [0.05, 0.1) is 28.5 Å². The fourth-order valence-corrected chi connectivity index (χ4v) is 3.54. The third-order valence-corrected chi connectivity index (χ3v) is 5.55. The number of aliphatic hydroxyl groups is 1. The Balaban J connectivity index is 0.000000561. The van der Waals surface area contributed by atoms with Crippen LogP contribution in [0, 0.1) is 0 Å². The van der Waals surface area contributed by atoms with Crippen molar-refractivity contribution in [1.82, 2.24) is 18.3 Å². The predicted molar refractivity (Wildman–Crippen MR) is 157 cm³/mol. The van der Waals surface area contributed by atoms with Gasteiger partial charge in [-0.1, -0.05) is 13.8 Å². The van der Waals surface area contributed by atoms with Crippen LogP contribution in [0.1, 0.15) is 55.8 Å². The lowest BCUT2D eigenvalue weighted by atomic mass is 10.3. The first kappa shape index (κ1) is 33.2. The lowest BCUT2D eigenvalue weighted by Crippen LogP contribution is -2.15. The Morgan fingerprint density at radius 1 is 0.700 bits per heavy atom. The molecule has 12 heteroatoms. The molecule has 0 aliphatic heterocycles. The molecule has 0 spiro atoms. The van der Waals surface area contributed by atoms with Crippen LogP contribution in [0.15, 0.2) is 55.1 Å². The summed E-state index contributed by atoms with van der Waals surface area (Å²) in [6.07, 6.45) is 8.52. The zero-order chi connectivity index (χ0) is 30.4. The smallest absolute Gasteiger partial charge is 0.272 e. The minimum atomic E-state index is -0.345. The first-order chi connectivity index (χ1) is 19.2. The summed E-state index contributed by atoms with van der Waals surface area (Å²) < 4.78 is 6.74. The van der Waals surface area contributed by atoms with Gasteiger partial charge < -0.3 is 39.3 Å². The number of aryl methyl sites for hydroxylation is 4. The Kier molecular flexibility index (Phi) is 13.4. The van der Waals surface area contributed by atoms with E-state index in [9.17, 15) is 19.2 Å². The molecule has 4 aromatic rings.